The molecule has 0 aliphatic rings. The highest BCUT2D eigenvalue weighted by molar-refractivity contribution is 6.70. The van der Waals surface area contributed by atoms with Crippen molar-refractivity contribution in [2.75, 3.05) is 0 Å². The fourth-order valence-corrected chi connectivity index (χ4v) is 1.28. The molecule has 1 atom stereocenters. The van der Waals surface area contributed by atoms with Gasteiger partial charge in [-0.25, -0.2) is 0 Å². The van der Waals surface area contributed by atoms with Crippen LogP contribution in [0.15, 0.2) is 24.3 Å². The van der Waals surface area contributed by atoms with Gasteiger partial charge in [-0.1, -0.05) is 46.4 Å². The van der Waals surface area contributed by atoms with Crippen molar-refractivity contribution in [3.05, 3.63) is 39.9 Å². The van der Waals surface area contributed by atoms with Gasteiger partial charge in [0.2, 0.25) is 3.79 Å². The second kappa shape index (κ2) is 5.93. The van der Waals surface area contributed by atoms with Crippen molar-refractivity contribution in [2.45, 2.75) is 9.29 Å². The van der Waals surface area contributed by atoms with E-state index in [-0.39, 0.29) is 11.3 Å². The Bertz CT molecular complexity index is 458. The number of hydrogen-bond acceptors (Lipinski definition) is 3. The lowest BCUT2D eigenvalue weighted by Gasteiger charge is -2.19. The van der Waals surface area contributed by atoms with Gasteiger partial charge in [0.25, 0.3) is 11.6 Å². The first-order valence-electron chi connectivity index (χ1n) is 4.48. The van der Waals surface area contributed by atoms with Crippen LogP contribution in [0.5, 0.6) is 0 Å². The van der Waals surface area contributed by atoms with Crippen LogP contribution in [0.2, 0.25) is 0 Å². The van der Waals surface area contributed by atoms with E-state index in [0.717, 1.165) is 0 Å². The lowest BCUT2D eigenvalue weighted by atomic mass is 10.2. The molecule has 0 aliphatic heterocycles. The van der Waals surface area contributed by atoms with E-state index >= 15 is 0 Å². The van der Waals surface area contributed by atoms with Crippen LogP contribution in [-0.2, 0) is 0 Å². The lowest BCUT2D eigenvalue weighted by molar-refractivity contribution is -0.384. The summed E-state index contributed by atoms with van der Waals surface area (Å²) in [6.45, 7) is 0. The predicted molar refractivity (Wildman–Crippen MR) is 70.5 cm³/mol. The number of nitro groups is 1. The molecular weight excluding hydrogens is 326 g/mol. The normalized spacial score (nSPS) is 12.9. The SMILES string of the molecule is O=C(N[C@@H](Cl)C(Cl)(Cl)Cl)c1ccc([N+](=O)[O-])cc1. The lowest BCUT2D eigenvalue weighted by Crippen LogP contribution is -2.39. The quantitative estimate of drug-likeness (QED) is 0.400. The molecule has 0 radical (unpaired) electrons. The Hall–Kier alpha value is -0.750. The number of halogens is 4. The van der Waals surface area contributed by atoms with Crippen molar-refractivity contribution in [2.24, 2.45) is 0 Å². The molecule has 0 aliphatic carbocycles. The minimum Gasteiger partial charge on any atom is -0.332 e. The number of hydrogen-bond donors (Lipinski definition) is 1. The molecule has 0 aromatic heterocycles. The third-order valence-electron chi connectivity index (χ3n) is 1.89. The van der Waals surface area contributed by atoms with E-state index in [1.165, 1.54) is 24.3 Å². The number of amides is 1. The van der Waals surface area contributed by atoms with E-state index < -0.39 is 20.1 Å². The molecule has 0 heterocycles. The van der Waals surface area contributed by atoms with Gasteiger partial charge in [-0.3, -0.25) is 14.9 Å². The van der Waals surface area contributed by atoms with Crippen LogP contribution < -0.4 is 5.32 Å². The van der Waals surface area contributed by atoms with Crippen molar-refractivity contribution >= 4 is 58.0 Å². The van der Waals surface area contributed by atoms with Crippen molar-refractivity contribution in [3.63, 3.8) is 0 Å². The van der Waals surface area contributed by atoms with E-state index in [2.05, 4.69) is 5.32 Å². The van der Waals surface area contributed by atoms with E-state index in [1.54, 1.807) is 0 Å². The summed E-state index contributed by atoms with van der Waals surface area (Å²) in [6.07, 6.45) is 0. The highest BCUT2D eigenvalue weighted by atomic mass is 35.6. The summed E-state index contributed by atoms with van der Waals surface area (Å²) >= 11 is 22.1. The fraction of sp³-hybridized carbons (Fsp3) is 0.222. The molecule has 0 unspecified atom stereocenters. The van der Waals surface area contributed by atoms with Gasteiger partial charge < -0.3 is 5.32 Å². The minimum absolute atomic E-state index is 0.129. The largest absolute Gasteiger partial charge is 0.332 e. The molecule has 98 valence electrons. The number of nitrogens with one attached hydrogen (secondary N) is 1. The molecule has 1 rings (SSSR count). The topological polar surface area (TPSA) is 72.2 Å². The first-order chi connectivity index (χ1) is 8.21. The average molecular weight is 332 g/mol. The molecule has 0 saturated carbocycles. The molecule has 1 N–H and O–H groups in total. The molecule has 18 heavy (non-hydrogen) atoms. The number of benzene rings is 1. The molecule has 0 fully saturated rings. The summed E-state index contributed by atoms with van der Waals surface area (Å²) in [5.74, 6) is -0.601. The molecule has 9 heteroatoms. The van der Waals surface area contributed by atoms with Crippen molar-refractivity contribution < 1.29 is 9.72 Å². The highest BCUT2D eigenvalue weighted by Crippen LogP contribution is 2.32. The first-order valence-corrected chi connectivity index (χ1v) is 6.05. The van der Waals surface area contributed by atoms with Gasteiger partial charge in [-0.15, -0.1) is 0 Å². The van der Waals surface area contributed by atoms with Crippen LogP contribution in [0.4, 0.5) is 5.69 Å². The number of nitrogens with zero attached hydrogens (tertiary/aromatic N) is 1. The van der Waals surface area contributed by atoms with Crippen LogP contribution >= 0.6 is 46.4 Å². The monoisotopic (exact) mass is 330 g/mol. The Morgan fingerprint density at radius 2 is 1.78 bits per heavy atom. The molecule has 1 aromatic carbocycles. The maximum absolute atomic E-state index is 11.6. The summed E-state index contributed by atoms with van der Waals surface area (Å²) in [7, 11) is 0. The molecule has 0 saturated heterocycles. The zero-order valence-electron chi connectivity index (χ0n) is 8.57. The fourth-order valence-electron chi connectivity index (χ4n) is 1.01. The van der Waals surface area contributed by atoms with Crippen molar-refractivity contribution in [1.29, 1.82) is 0 Å². The van der Waals surface area contributed by atoms with E-state index in [0.29, 0.717) is 0 Å². The Balaban J connectivity index is 2.76. The number of nitro benzene ring substituents is 1. The van der Waals surface area contributed by atoms with Crippen LogP contribution in [0.1, 0.15) is 10.4 Å². The van der Waals surface area contributed by atoms with Crippen molar-refractivity contribution in [1.82, 2.24) is 5.32 Å². The maximum Gasteiger partial charge on any atom is 0.269 e. The van der Waals surface area contributed by atoms with Crippen LogP contribution in [0, 0.1) is 10.1 Å². The van der Waals surface area contributed by atoms with Gasteiger partial charge in [0, 0.05) is 17.7 Å². The zero-order chi connectivity index (χ0) is 13.9. The number of alkyl halides is 4. The Kier molecular flexibility index (Phi) is 5.04. The summed E-state index contributed by atoms with van der Waals surface area (Å²) < 4.78 is -1.85. The number of non-ortho nitro benzene ring substituents is 1. The molecule has 0 bridgehead atoms. The predicted octanol–water partition coefficient (Wildman–Crippen LogP) is 3.26. The zero-order valence-corrected chi connectivity index (χ0v) is 11.6. The molecule has 5 nitrogen and oxygen atoms in total. The standard InChI is InChI=1S/C9H6Cl4N2O3/c10-8(9(11,12)13)14-7(16)5-1-3-6(4-2-5)15(17)18/h1-4,8H,(H,14,16)/t8-/m1/s1. The van der Waals surface area contributed by atoms with Crippen LogP contribution in [0.3, 0.4) is 0 Å². The van der Waals surface area contributed by atoms with Gasteiger partial charge in [0.1, 0.15) is 0 Å². The number of carbonyl (C=O) groups is 1. The van der Waals surface area contributed by atoms with E-state index in [4.69, 9.17) is 46.4 Å². The Morgan fingerprint density at radius 1 is 1.28 bits per heavy atom. The Morgan fingerprint density at radius 3 is 2.17 bits per heavy atom. The maximum atomic E-state index is 11.6. The van der Waals surface area contributed by atoms with Gasteiger partial charge in [0.15, 0.2) is 5.50 Å². The summed E-state index contributed by atoms with van der Waals surface area (Å²) in [6, 6.07) is 4.92. The number of rotatable bonds is 3. The van der Waals surface area contributed by atoms with Crippen LogP contribution in [0.25, 0.3) is 0 Å². The number of carbonyl (C=O) groups excluding carboxylic acids is 1. The minimum atomic E-state index is -1.85. The van der Waals surface area contributed by atoms with Gasteiger partial charge >= 0.3 is 0 Å². The van der Waals surface area contributed by atoms with Crippen LogP contribution in [-0.4, -0.2) is 20.1 Å². The first kappa shape index (κ1) is 15.3. The second-order valence-corrected chi connectivity index (χ2v) is 5.99. The smallest absolute Gasteiger partial charge is 0.269 e. The Labute approximate surface area is 122 Å². The average Bonchev–Trinajstić information content (AvgIpc) is 2.27. The van der Waals surface area contributed by atoms with Gasteiger partial charge in [-0.05, 0) is 12.1 Å². The van der Waals surface area contributed by atoms with Gasteiger partial charge in [-0.2, -0.15) is 0 Å². The molecule has 1 aromatic rings. The van der Waals surface area contributed by atoms with E-state index in [1.807, 2.05) is 0 Å². The summed E-state index contributed by atoms with van der Waals surface area (Å²) in [5, 5.41) is 12.7. The third kappa shape index (κ3) is 4.17. The summed E-state index contributed by atoms with van der Waals surface area (Å²) in [4.78, 5) is 21.5. The molecule has 1 amide bonds. The van der Waals surface area contributed by atoms with Gasteiger partial charge in [0.05, 0.1) is 4.92 Å². The highest BCUT2D eigenvalue weighted by Gasteiger charge is 2.32. The second-order valence-electron chi connectivity index (χ2n) is 3.18. The summed E-state index contributed by atoms with van der Waals surface area (Å²) in [5.41, 5.74) is -1.18. The third-order valence-corrected chi connectivity index (χ3v) is 3.31. The molecular formula is C9H6Cl4N2O3. The van der Waals surface area contributed by atoms with E-state index in [9.17, 15) is 14.9 Å². The molecule has 0 spiro atoms. The van der Waals surface area contributed by atoms with Crippen molar-refractivity contribution in [3.8, 4) is 0 Å².